The summed E-state index contributed by atoms with van der Waals surface area (Å²) in [6.07, 6.45) is 18.5. The van der Waals surface area contributed by atoms with E-state index in [2.05, 4.69) is 68.4 Å². The van der Waals surface area contributed by atoms with E-state index in [0.717, 1.165) is 29.6 Å². The third kappa shape index (κ3) is 6.72. The molecule has 2 saturated carbocycles. The van der Waals surface area contributed by atoms with Crippen LogP contribution in [0.15, 0.2) is 54.6 Å². The minimum Gasteiger partial charge on any atom is -0.0651 e. The summed E-state index contributed by atoms with van der Waals surface area (Å²) < 4.78 is 0. The Hall–Kier alpha value is -1.56. The molecule has 174 valence electrons. The van der Waals surface area contributed by atoms with Crippen molar-refractivity contribution in [1.82, 2.24) is 0 Å². The number of aryl methyl sites for hydroxylation is 2. The Bertz CT molecular complexity index is 757. The maximum absolute atomic E-state index is 2.43. The largest absolute Gasteiger partial charge is 0.0651 e. The van der Waals surface area contributed by atoms with Gasteiger partial charge in [0.1, 0.15) is 0 Å². The van der Waals surface area contributed by atoms with Crippen LogP contribution >= 0.6 is 0 Å². The minimum absolute atomic E-state index is 0.719. The summed E-state index contributed by atoms with van der Waals surface area (Å²) in [5.74, 6) is 4.72. The van der Waals surface area contributed by atoms with Gasteiger partial charge in [-0.2, -0.15) is 0 Å². The molecule has 4 rings (SSSR count). The number of hydrogen-bond donors (Lipinski definition) is 0. The van der Waals surface area contributed by atoms with Crippen molar-refractivity contribution in [1.29, 1.82) is 0 Å². The van der Waals surface area contributed by atoms with Crippen LogP contribution in [0.4, 0.5) is 0 Å². The van der Waals surface area contributed by atoms with E-state index in [4.69, 9.17) is 0 Å². The van der Waals surface area contributed by atoms with Crippen LogP contribution in [0, 0.1) is 23.7 Å². The molecule has 32 heavy (non-hydrogen) atoms. The van der Waals surface area contributed by atoms with E-state index in [-0.39, 0.29) is 0 Å². The van der Waals surface area contributed by atoms with E-state index in [0.29, 0.717) is 0 Å². The Morgan fingerprint density at radius 2 is 1.19 bits per heavy atom. The first-order chi connectivity index (χ1) is 15.7. The van der Waals surface area contributed by atoms with E-state index in [1.165, 1.54) is 94.6 Å². The van der Waals surface area contributed by atoms with Gasteiger partial charge in [0.15, 0.2) is 0 Å². The van der Waals surface area contributed by atoms with Crippen LogP contribution in [0.5, 0.6) is 0 Å². The van der Waals surface area contributed by atoms with Gasteiger partial charge in [0, 0.05) is 0 Å². The van der Waals surface area contributed by atoms with Gasteiger partial charge in [-0.3, -0.25) is 0 Å². The van der Waals surface area contributed by atoms with Gasteiger partial charge in [0.25, 0.3) is 0 Å². The predicted octanol–water partition coefficient (Wildman–Crippen LogP) is 9.38. The fourth-order valence-electron chi connectivity index (χ4n) is 6.79. The molecule has 2 fully saturated rings. The third-order valence-corrected chi connectivity index (χ3v) is 8.91. The van der Waals surface area contributed by atoms with Crippen LogP contribution in [0.25, 0.3) is 0 Å². The maximum atomic E-state index is 2.43. The van der Waals surface area contributed by atoms with Gasteiger partial charge in [-0.25, -0.2) is 0 Å². The highest BCUT2D eigenvalue weighted by Crippen LogP contribution is 2.43. The van der Waals surface area contributed by atoms with Gasteiger partial charge >= 0.3 is 0 Å². The third-order valence-electron chi connectivity index (χ3n) is 8.91. The molecule has 0 aliphatic heterocycles. The van der Waals surface area contributed by atoms with Gasteiger partial charge in [-0.1, -0.05) is 101 Å². The summed E-state index contributed by atoms with van der Waals surface area (Å²) in [6.45, 7) is 4.70. The van der Waals surface area contributed by atoms with Crippen LogP contribution < -0.4 is 0 Å². The summed E-state index contributed by atoms with van der Waals surface area (Å²) >= 11 is 0. The zero-order valence-corrected chi connectivity index (χ0v) is 20.8. The number of hydrogen-bond acceptors (Lipinski definition) is 0. The van der Waals surface area contributed by atoms with E-state index in [9.17, 15) is 0 Å². The van der Waals surface area contributed by atoms with Crippen LogP contribution in [0.2, 0.25) is 0 Å². The lowest BCUT2D eigenvalue weighted by atomic mass is 9.67. The smallest absolute Gasteiger partial charge is 0.0188 e. The van der Waals surface area contributed by atoms with Crippen LogP contribution in [0.1, 0.15) is 107 Å². The van der Waals surface area contributed by atoms with Crippen molar-refractivity contribution in [3.8, 4) is 0 Å². The predicted molar refractivity (Wildman–Crippen MR) is 139 cm³/mol. The Labute approximate surface area is 198 Å². The number of benzene rings is 2. The Kier molecular flexibility index (Phi) is 8.89. The summed E-state index contributed by atoms with van der Waals surface area (Å²) in [7, 11) is 0. The van der Waals surface area contributed by atoms with E-state index < -0.39 is 0 Å². The van der Waals surface area contributed by atoms with Crippen molar-refractivity contribution in [3.63, 3.8) is 0 Å². The first-order valence-electron chi connectivity index (χ1n) is 13.8. The van der Waals surface area contributed by atoms with Crippen molar-refractivity contribution in [2.24, 2.45) is 23.7 Å². The SMILES string of the molecule is CCCc1ccc(CCC2CCC(C3CCC(C[C@H](C)c4ccccc4)CC3)CC2)cc1. The van der Waals surface area contributed by atoms with Crippen molar-refractivity contribution in [2.45, 2.75) is 103 Å². The zero-order valence-electron chi connectivity index (χ0n) is 20.8. The fraction of sp³-hybridized carbons (Fsp3) is 0.625. The quantitative estimate of drug-likeness (QED) is 0.371. The van der Waals surface area contributed by atoms with Gasteiger partial charge in [-0.05, 0) is 97.6 Å². The van der Waals surface area contributed by atoms with Crippen molar-refractivity contribution in [2.75, 3.05) is 0 Å². The molecule has 2 aliphatic carbocycles. The standard InChI is InChI=1S/C32H46/c1-3-7-26-10-12-27(13-11-26)14-15-28-16-20-31(21-17-28)32-22-18-29(19-23-32)24-25(2)30-8-5-4-6-9-30/h4-6,8-13,25,28-29,31-32H,3,7,14-24H2,1-2H3/t25-,28?,29?,31?,32?/m0/s1. The van der Waals surface area contributed by atoms with E-state index in [1.54, 1.807) is 5.56 Å². The molecule has 0 aromatic heterocycles. The van der Waals surface area contributed by atoms with Gasteiger partial charge in [0.2, 0.25) is 0 Å². The van der Waals surface area contributed by atoms with E-state index in [1.807, 2.05) is 0 Å². The van der Waals surface area contributed by atoms with Crippen LogP contribution in [-0.4, -0.2) is 0 Å². The van der Waals surface area contributed by atoms with Crippen LogP contribution in [0.3, 0.4) is 0 Å². The minimum atomic E-state index is 0.719. The lowest BCUT2D eigenvalue weighted by molar-refractivity contribution is 0.139. The molecule has 0 heterocycles. The molecule has 0 spiro atoms. The summed E-state index contributed by atoms with van der Waals surface area (Å²) in [5, 5.41) is 0. The molecular formula is C32H46. The molecule has 0 unspecified atom stereocenters. The van der Waals surface area contributed by atoms with Gasteiger partial charge < -0.3 is 0 Å². The second kappa shape index (κ2) is 12.1. The molecule has 0 heteroatoms. The fourth-order valence-corrected chi connectivity index (χ4v) is 6.79. The number of rotatable bonds is 9. The monoisotopic (exact) mass is 430 g/mol. The zero-order chi connectivity index (χ0) is 22.2. The molecule has 0 bridgehead atoms. The lowest BCUT2D eigenvalue weighted by Crippen LogP contribution is -2.26. The Morgan fingerprint density at radius 3 is 1.75 bits per heavy atom. The molecule has 0 saturated heterocycles. The second-order valence-corrected chi connectivity index (χ2v) is 11.2. The molecular weight excluding hydrogens is 384 g/mol. The van der Waals surface area contributed by atoms with Gasteiger partial charge in [0.05, 0.1) is 0 Å². The van der Waals surface area contributed by atoms with Crippen molar-refractivity contribution in [3.05, 3.63) is 71.3 Å². The molecule has 1 atom stereocenters. The molecule has 0 radical (unpaired) electrons. The first-order valence-corrected chi connectivity index (χ1v) is 13.8. The Morgan fingerprint density at radius 1 is 0.656 bits per heavy atom. The van der Waals surface area contributed by atoms with Gasteiger partial charge in [-0.15, -0.1) is 0 Å². The molecule has 2 aliphatic rings. The summed E-state index contributed by atoms with van der Waals surface area (Å²) in [5.41, 5.74) is 4.58. The normalized spacial score (nSPS) is 27.2. The second-order valence-electron chi connectivity index (χ2n) is 11.2. The lowest BCUT2D eigenvalue weighted by Gasteiger charge is -2.38. The Balaban J connectivity index is 1.14. The molecule has 0 N–H and O–H groups in total. The molecule has 2 aromatic carbocycles. The van der Waals surface area contributed by atoms with Crippen LogP contribution in [-0.2, 0) is 12.8 Å². The first kappa shape index (κ1) is 23.6. The summed E-state index contributed by atoms with van der Waals surface area (Å²) in [6, 6.07) is 20.6. The van der Waals surface area contributed by atoms with E-state index >= 15 is 0 Å². The highest BCUT2D eigenvalue weighted by atomic mass is 14.4. The molecule has 2 aromatic rings. The highest BCUT2D eigenvalue weighted by molar-refractivity contribution is 5.23. The molecule has 0 nitrogen and oxygen atoms in total. The van der Waals surface area contributed by atoms with Crippen molar-refractivity contribution < 1.29 is 0 Å². The topological polar surface area (TPSA) is 0 Å². The highest BCUT2D eigenvalue weighted by Gasteiger charge is 2.31. The summed E-state index contributed by atoms with van der Waals surface area (Å²) in [4.78, 5) is 0. The maximum Gasteiger partial charge on any atom is -0.0188 e. The molecule has 0 amide bonds. The average Bonchev–Trinajstić information content (AvgIpc) is 2.85. The van der Waals surface area contributed by atoms with Crippen molar-refractivity contribution >= 4 is 0 Å². The average molecular weight is 431 g/mol.